The summed E-state index contributed by atoms with van der Waals surface area (Å²) in [6.45, 7) is 3.45. The van der Waals surface area contributed by atoms with Gasteiger partial charge in [0.1, 0.15) is 0 Å². The third kappa shape index (κ3) is 3.76. The van der Waals surface area contributed by atoms with Crippen LogP contribution in [0.15, 0.2) is 30.3 Å². The van der Waals surface area contributed by atoms with E-state index in [0.717, 1.165) is 13.1 Å². The van der Waals surface area contributed by atoms with E-state index in [1.54, 1.807) is 30.3 Å². The van der Waals surface area contributed by atoms with Gasteiger partial charge in [-0.25, -0.2) is 0 Å². The molecule has 0 aromatic heterocycles. The molecule has 3 nitrogen and oxygen atoms in total. The summed E-state index contributed by atoms with van der Waals surface area (Å²) in [7, 11) is 0. The Labute approximate surface area is 117 Å². The third-order valence-electron chi connectivity index (χ3n) is 3.70. The number of rotatable bonds is 4. The van der Waals surface area contributed by atoms with Gasteiger partial charge in [0.2, 0.25) is 0 Å². The van der Waals surface area contributed by atoms with Crippen molar-refractivity contribution in [3.05, 3.63) is 35.9 Å². The Morgan fingerprint density at radius 1 is 1.40 bits per heavy atom. The topological polar surface area (TPSA) is 41.1 Å². The molecule has 5 heteroatoms. The number of benzene rings is 1. The highest BCUT2D eigenvalue weighted by atomic mass is 19.3. The maximum absolute atomic E-state index is 14.0. The summed E-state index contributed by atoms with van der Waals surface area (Å²) in [6, 6.07) is 8.18. The van der Waals surface area contributed by atoms with Gasteiger partial charge in [-0.1, -0.05) is 37.3 Å². The van der Waals surface area contributed by atoms with Crippen LogP contribution in [0, 0.1) is 5.92 Å². The first-order valence-electron chi connectivity index (χ1n) is 6.92. The van der Waals surface area contributed by atoms with E-state index in [1.807, 2.05) is 6.92 Å². The molecule has 2 rings (SSSR count). The number of hydrogen-bond acceptors (Lipinski definition) is 2. The summed E-state index contributed by atoms with van der Waals surface area (Å²) in [4.78, 5) is 11.8. The third-order valence-corrected chi connectivity index (χ3v) is 3.70. The fourth-order valence-electron chi connectivity index (χ4n) is 2.43. The van der Waals surface area contributed by atoms with E-state index in [-0.39, 0.29) is 12.0 Å². The summed E-state index contributed by atoms with van der Waals surface area (Å²) in [5.41, 5.74) is 0.464. The lowest BCUT2D eigenvalue weighted by atomic mass is 9.95. The number of halogens is 2. The van der Waals surface area contributed by atoms with Gasteiger partial charge in [-0.2, -0.15) is 8.78 Å². The van der Waals surface area contributed by atoms with Crippen LogP contribution < -0.4 is 10.6 Å². The fraction of sp³-hybridized carbons (Fsp3) is 0.533. The summed E-state index contributed by atoms with van der Waals surface area (Å²) in [5.74, 6) is -4.37. The number of nitrogens with one attached hydrogen (secondary N) is 2. The van der Waals surface area contributed by atoms with Crippen LogP contribution in [0.5, 0.6) is 0 Å². The Kier molecular flexibility index (Phi) is 4.70. The minimum absolute atomic E-state index is 0.167. The summed E-state index contributed by atoms with van der Waals surface area (Å²) in [5, 5.41) is 5.68. The Bertz CT molecular complexity index is 450. The van der Waals surface area contributed by atoms with Gasteiger partial charge in [-0.3, -0.25) is 4.79 Å². The molecule has 0 aliphatic carbocycles. The zero-order valence-corrected chi connectivity index (χ0v) is 11.5. The number of piperidine rings is 1. The predicted octanol–water partition coefficient (Wildman–Crippen LogP) is 1.98. The summed E-state index contributed by atoms with van der Waals surface area (Å²) >= 11 is 0. The van der Waals surface area contributed by atoms with E-state index in [1.165, 1.54) is 0 Å². The average molecular weight is 282 g/mol. The molecule has 0 spiro atoms. The van der Waals surface area contributed by atoms with Gasteiger partial charge in [0.25, 0.3) is 5.91 Å². The molecule has 0 bridgehead atoms. The Morgan fingerprint density at radius 2 is 2.10 bits per heavy atom. The largest absolute Gasteiger partial charge is 0.348 e. The monoisotopic (exact) mass is 282 g/mol. The van der Waals surface area contributed by atoms with E-state index in [9.17, 15) is 13.6 Å². The van der Waals surface area contributed by atoms with Crippen LogP contribution in [0.3, 0.4) is 0 Å². The number of carbonyl (C=O) groups is 1. The van der Waals surface area contributed by atoms with Crippen molar-refractivity contribution in [1.29, 1.82) is 0 Å². The molecule has 0 radical (unpaired) electrons. The fourth-order valence-corrected chi connectivity index (χ4v) is 2.43. The van der Waals surface area contributed by atoms with Crippen LogP contribution in [0.1, 0.15) is 18.9 Å². The summed E-state index contributed by atoms with van der Waals surface area (Å²) < 4.78 is 27.9. The first-order chi connectivity index (χ1) is 9.49. The molecule has 0 saturated carbocycles. The SMILES string of the molecule is C[C@H]1CNCC[C@@H]1NC(=O)C(F)(F)Cc1ccccc1. The van der Waals surface area contributed by atoms with Gasteiger partial charge in [-0.15, -0.1) is 0 Å². The van der Waals surface area contributed by atoms with E-state index in [0.29, 0.717) is 12.0 Å². The van der Waals surface area contributed by atoms with Gasteiger partial charge >= 0.3 is 5.92 Å². The maximum Gasteiger partial charge on any atom is 0.328 e. The van der Waals surface area contributed by atoms with E-state index >= 15 is 0 Å². The lowest BCUT2D eigenvalue weighted by molar-refractivity contribution is -0.146. The number of hydrogen-bond donors (Lipinski definition) is 2. The lowest BCUT2D eigenvalue weighted by Crippen LogP contribution is -2.53. The molecule has 1 fully saturated rings. The van der Waals surface area contributed by atoms with Crippen LogP contribution in [0.2, 0.25) is 0 Å². The van der Waals surface area contributed by atoms with Crippen molar-refractivity contribution >= 4 is 5.91 Å². The van der Waals surface area contributed by atoms with Crippen molar-refractivity contribution < 1.29 is 13.6 Å². The first kappa shape index (κ1) is 14.9. The average Bonchev–Trinajstić information content (AvgIpc) is 2.42. The molecule has 110 valence electrons. The van der Waals surface area contributed by atoms with Crippen molar-refractivity contribution in [2.45, 2.75) is 31.7 Å². The second-order valence-corrected chi connectivity index (χ2v) is 5.42. The molecule has 1 saturated heterocycles. The molecule has 1 aliphatic rings. The van der Waals surface area contributed by atoms with Crippen LogP contribution in [0.25, 0.3) is 0 Å². The quantitative estimate of drug-likeness (QED) is 0.886. The lowest BCUT2D eigenvalue weighted by Gasteiger charge is -2.31. The molecule has 20 heavy (non-hydrogen) atoms. The molecular weight excluding hydrogens is 262 g/mol. The number of carbonyl (C=O) groups excluding carboxylic acids is 1. The summed E-state index contributed by atoms with van der Waals surface area (Å²) in [6.07, 6.45) is 0.132. The zero-order chi connectivity index (χ0) is 14.6. The van der Waals surface area contributed by atoms with Gasteiger partial charge in [0, 0.05) is 12.5 Å². The van der Waals surface area contributed by atoms with Crippen LogP contribution >= 0.6 is 0 Å². The van der Waals surface area contributed by atoms with Gasteiger partial charge in [0.05, 0.1) is 0 Å². The molecule has 1 aromatic rings. The molecule has 1 amide bonds. The molecule has 1 aromatic carbocycles. The van der Waals surface area contributed by atoms with Crippen molar-refractivity contribution in [2.75, 3.05) is 13.1 Å². The highest BCUT2D eigenvalue weighted by Gasteiger charge is 2.40. The second kappa shape index (κ2) is 6.31. The Balaban J connectivity index is 1.96. The van der Waals surface area contributed by atoms with E-state index in [2.05, 4.69) is 10.6 Å². The molecule has 0 unspecified atom stereocenters. The second-order valence-electron chi connectivity index (χ2n) is 5.42. The van der Waals surface area contributed by atoms with Gasteiger partial charge in [-0.05, 0) is 31.0 Å². The Morgan fingerprint density at radius 3 is 2.75 bits per heavy atom. The highest BCUT2D eigenvalue weighted by molar-refractivity contribution is 5.84. The highest BCUT2D eigenvalue weighted by Crippen LogP contribution is 2.21. The standard InChI is InChI=1S/C15H20F2N2O/c1-11-10-18-8-7-13(11)19-14(20)15(16,17)9-12-5-3-2-4-6-12/h2-6,11,13,18H,7-10H2,1H3,(H,19,20)/t11-,13-/m0/s1. The van der Waals surface area contributed by atoms with Crippen LogP contribution in [-0.2, 0) is 11.2 Å². The molecule has 1 heterocycles. The number of alkyl halides is 2. The van der Waals surface area contributed by atoms with Gasteiger partial charge in [0.15, 0.2) is 0 Å². The minimum atomic E-state index is -3.37. The molecule has 2 atom stereocenters. The van der Waals surface area contributed by atoms with Crippen LogP contribution in [0.4, 0.5) is 8.78 Å². The molecule has 2 N–H and O–H groups in total. The predicted molar refractivity (Wildman–Crippen MR) is 73.7 cm³/mol. The van der Waals surface area contributed by atoms with Gasteiger partial charge < -0.3 is 10.6 Å². The normalized spacial score (nSPS) is 23.4. The van der Waals surface area contributed by atoms with E-state index < -0.39 is 18.3 Å². The first-order valence-corrected chi connectivity index (χ1v) is 6.92. The smallest absolute Gasteiger partial charge is 0.328 e. The molecule has 1 aliphatic heterocycles. The van der Waals surface area contributed by atoms with E-state index in [4.69, 9.17) is 0 Å². The Hall–Kier alpha value is -1.49. The van der Waals surface area contributed by atoms with Crippen molar-refractivity contribution in [1.82, 2.24) is 10.6 Å². The number of amides is 1. The molecular formula is C15H20F2N2O. The zero-order valence-electron chi connectivity index (χ0n) is 11.5. The van der Waals surface area contributed by atoms with Crippen molar-refractivity contribution in [3.8, 4) is 0 Å². The van der Waals surface area contributed by atoms with Crippen molar-refractivity contribution in [2.24, 2.45) is 5.92 Å². The van der Waals surface area contributed by atoms with Crippen molar-refractivity contribution in [3.63, 3.8) is 0 Å². The van der Waals surface area contributed by atoms with Crippen LogP contribution in [-0.4, -0.2) is 31.0 Å². The minimum Gasteiger partial charge on any atom is -0.348 e. The maximum atomic E-state index is 14.0.